The zero-order valence-electron chi connectivity index (χ0n) is 16.6. The molecule has 2 amide bonds. The second-order valence-corrected chi connectivity index (χ2v) is 6.32. The number of halogens is 1. The van der Waals surface area contributed by atoms with Gasteiger partial charge in [-0.15, -0.1) is 0 Å². The van der Waals surface area contributed by atoms with E-state index in [1.165, 1.54) is 12.1 Å². The van der Waals surface area contributed by atoms with Crippen molar-refractivity contribution >= 4 is 29.0 Å². The van der Waals surface area contributed by atoms with E-state index in [1.54, 1.807) is 61.8 Å². The summed E-state index contributed by atoms with van der Waals surface area (Å²) in [4.78, 5) is 29.3. The van der Waals surface area contributed by atoms with E-state index in [-0.39, 0.29) is 16.8 Å². The SMILES string of the molecule is C/C=C(/NC)c1ccc(C(=O)Nc2ccccc2C(=O)Nc2ccccn2)c(F)c1. The van der Waals surface area contributed by atoms with Crippen molar-refractivity contribution < 1.29 is 14.0 Å². The van der Waals surface area contributed by atoms with Crippen LogP contribution in [0.5, 0.6) is 0 Å². The lowest BCUT2D eigenvalue weighted by atomic mass is 10.1. The van der Waals surface area contributed by atoms with Gasteiger partial charge in [-0.25, -0.2) is 9.37 Å². The smallest absolute Gasteiger partial charge is 0.258 e. The number of nitrogens with one attached hydrogen (secondary N) is 3. The van der Waals surface area contributed by atoms with Gasteiger partial charge in [0.1, 0.15) is 11.6 Å². The number of aromatic nitrogens is 1. The van der Waals surface area contributed by atoms with E-state index >= 15 is 0 Å². The summed E-state index contributed by atoms with van der Waals surface area (Å²) in [6.45, 7) is 1.83. The van der Waals surface area contributed by atoms with Crippen LogP contribution in [0.4, 0.5) is 15.9 Å². The molecule has 1 aromatic heterocycles. The Hall–Kier alpha value is -4.00. The Morgan fingerprint density at radius 2 is 1.67 bits per heavy atom. The summed E-state index contributed by atoms with van der Waals surface area (Å²) in [5, 5.41) is 8.26. The summed E-state index contributed by atoms with van der Waals surface area (Å²) in [7, 11) is 1.74. The lowest BCUT2D eigenvalue weighted by molar-refractivity contribution is 0.102. The Morgan fingerprint density at radius 3 is 2.33 bits per heavy atom. The van der Waals surface area contributed by atoms with Gasteiger partial charge < -0.3 is 16.0 Å². The highest BCUT2D eigenvalue weighted by atomic mass is 19.1. The van der Waals surface area contributed by atoms with Crippen molar-refractivity contribution in [2.45, 2.75) is 6.92 Å². The van der Waals surface area contributed by atoms with Crippen molar-refractivity contribution in [3.63, 3.8) is 0 Å². The molecule has 0 spiro atoms. The van der Waals surface area contributed by atoms with Gasteiger partial charge in [0, 0.05) is 24.5 Å². The van der Waals surface area contributed by atoms with Crippen LogP contribution in [-0.2, 0) is 0 Å². The van der Waals surface area contributed by atoms with Crippen LogP contribution in [0.25, 0.3) is 5.70 Å². The zero-order valence-corrected chi connectivity index (χ0v) is 16.6. The van der Waals surface area contributed by atoms with Crippen LogP contribution in [0.3, 0.4) is 0 Å². The highest BCUT2D eigenvalue weighted by Gasteiger charge is 2.17. The Balaban J connectivity index is 1.82. The minimum atomic E-state index is -0.657. The third kappa shape index (κ3) is 4.70. The van der Waals surface area contributed by atoms with Crippen molar-refractivity contribution in [1.82, 2.24) is 10.3 Å². The largest absolute Gasteiger partial charge is 0.388 e. The topological polar surface area (TPSA) is 83.1 Å². The molecular weight excluding hydrogens is 383 g/mol. The minimum Gasteiger partial charge on any atom is -0.388 e. The van der Waals surface area contributed by atoms with Gasteiger partial charge in [0.05, 0.1) is 16.8 Å². The monoisotopic (exact) mass is 404 g/mol. The normalized spacial score (nSPS) is 11.0. The number of nitrogens with zero attached hydrogens (tertiary/aromatic N) is 1. The second-order valence-electron chi connectivity index (χ2n) is 6.32. The zero-order chi connectivity index (χ0) is 21.5. The van der Waals surface area contributed by atoms with Gasteiger partial charge in [-0.05, 0) is 43.3 Å². The number of benzene rings is 2. The molecule has 7 heteroatoms. The molecule has 0 aliphatic carbocycles. The van der Waals surface area contributed by atoms with Gasteiger partial charge in [0.2, 0.25) is 0 Å². The van der Waals surface area contributed by atoms with Gasteiger partial charge in [0.15, 0.2) is 0 Å². The van der Waals surface area contributed by atoms with Crippen LogP contribution in [0.2, 0.25) is 0 Å². The fourth-order valence-corrected chi connectivity index (χ4v) is 2.92. The average Bonchev–Trinajstić information content (AvgIpc) is 2.75. The number of carbonyl (C=O) groups is 2. The van der Waals surface area contributed by atoms with E-state index in [9.17, 15) is 14.0 Å². The maximum atomic E-state index is 14.6. The molecule has 0 unspecified atom stereocenters. The van der Waals surface area contributed by atoms with Gasteiger partial charge in [-0.3, -0.25) is 9.59 Å². The average molecular weight is 404 g/mol. The Morgan fingerprint density at radius 1 is 0.933 bits per heavy atom. The molecule has 3 rings (SSSR count). The minimum absolute atomic E-state index is 0.120. The summed E-state index contributed by atoms with van der Waals surface area (Å²) in [6, 6.07) is 16.0. The molecule has 0 saturated heterocycles. The molecule has 30 heavy (non-hydrogen) atoms. The highest BCUT2D eigenvalue weighted by Crippen LogP contribution is 2.20. The molecule has 3 aromatic rings. The maximum absolute atomic E-state index is 14.6. The predicted molar refractivity (Wildman–Crippen MR) is 116 cm³/mol. The maximum Gasteiger partial charge on any atom is 0.258 e. The summed E-state index contributed by atoms with van der Waals surface area (Å²) in [5.74, 6) is -1.36. The van der Waals surface area contributed by atoms with E-state index in [4.69, 9.17) is 0 Å². The highest BCUT2D eigenvalue weighted by molar-refractivity contribution is 6.12. The van der Waals surface area contributed by atoms with E-state index < -0.39 is 17.6 Å². The molecule has 3 N–H and O–H groups in total. The molecule has 1 heterocycles. The molecule has 0 saturated carbocycles. The molecule has 0 aliphatic heterocycles. The van der Waals surface area contributed by atoms with E-state index in [1.807, 2.05) is 13.0 Å². The summed E-state index contributed by atoms with van der Waals surface area (Å²) >= 11 is 0. The van der Waals surface area contributed by atoms with Crippen molar-refractivity contribution in [3.8, 4) is 0 Å². The number of para-hydroxylation sites is 1. The third-order valence-corrected chi connectivity index (χ3v) is 4.41. The van der Waals surface area contributed by atoms with E-state index in [2.05, 4.69) is 20.9 Å². The predicted octanol–water partition coefficient (Wildman–Crippen LogP) is 4.31. The third-order valence-electron chi connectivity index (χ3n) is 4.41. The molecule has 0 bridgehead atoms. The van der Waals surface area contributed by atoms with Crippen LogP contribution in [0, 0.1) is 5.82 Å². The number of amides is 2. The quantitative estimate of drug-likeness (QED) is 0.572. The number of carbonyl (C=O) groups excluding carboxylic acids is 2. The standard InChI is InChI=1S/C23H21FN4O2/c1-3-19(25-2)15-11-12-16(18(24)14-15)22(29)27-20-9-5-4-8-17(20)23(30)28-21-10-6-7-13-26-21/h3-14,25H,1-2H3,(H,27,29)(H,26,28,30)/b19-3+. The number of hydrogen-bond acceptors (Lipinski definition) is 4. The number of pyridine rings is 1. The lowest BCUT2D eigenvalue weighted by Gasteiger charge is -2.12. The molecular formula is C23H21FN4O2. The van der Waals surface area contributed by atoms with Crippen molar-refractivity contribution in [3.05, 3.63) is 95.4 Å². The number of allylic oxidation sites excluding steroid dienone is 1. The Kier molecular flexibility index (Phi) is 6.54. The molecule has 0 fully saturated rings. The van der Waals surface area contributed by atoms with Crippen molar-refractivity contribution in [2.24, 2.45) is 0 Å². The van der Waals surface area contributed by atoms with Crippen LogP contribution in [-0.4, -0.2) is 23.8 Å². The summed E-state index contributed by atoms with van der Waals surface area (Å²) in [5.41, 5.74) is 1.76. The van der Waals surface area contributed by atoms with E-state index in [0.29, 0.717) is 11.4 Å². The lowest BCUT2D eigenvalue weighted by Crippen LogP contribution is -2.19. The second kappa shape index (κ2) is 9.47. The van der Waals surface area contributed by atoms with Gasteiger partial charge in [0.25, 0.3) is 11.8 Å². The van der Waals surface area contributed by atoms with Crippen LogP contribution in [0.15, 0.2) is 72.9 Å². The van der Waals surface area contributed by atoms with Gasteiger partial charge >= 0.3 is 0 Å². The first-order valence-corrected chi connectivity index (χ1v) is 9.30. The first-order valence-electron chi connectivity index (χ1n) is 9.30. The summed E-state index contributed by atoms with van der Waals surface area (Å²) < 4.78 is 14.6. The molecule has 6 nitrogen and oxygen atoms in total. The Labute approximate surface area is 173 Å². The first kappa shape index (κ1) is 20.7. The first-order chi connectivity index (χ1) is 14.5. The molecule has 2 aromatic carbocycles. The Bertz CT molecular complexity index is 1100. The van der Waals surface area contributed by atoms with Crippen molar-refractivity contribution in [2.75, 3.05) is 17.7 Å². The fourth-order valence-electron chi connectivity index (χ4n) is 2.92. The van der Waals surface area contributed by atoms with Gasteiger partial charge in [-0.1, -0.05) is 30.3 Å². The number of anilines is 2. The molecule has 0 aliphatic rings. The van der Waals surface area contributed by atoms with Gasteiger partial charge in [-0.2, -0.15) is 0 Å². The fraction of sp³-hybridized carbons (Fsp3) is 0.0870. The molecule has 0 radical (unpaired) electrons. The van der Waals surface area contributed by atoms with E-state index in [0.717, 1.165) is 5.70 Å². The van der Waals surface area contributed by atoms with Crippen LogP contribution in [0.1, 0.15) is 33.2 Å². The van der Waals surface area contributed by atoms with Crippen LogP contribution >= 0.6 is 0 Å². The number of hydrogen-bond donors (Lipinski definition) is 3. The molecule has 0 atom stereocenters. The summed E-state index contributed by atoms with van der Waals surface area (Å²) in [6.07, 6.45) is 3.37. The van der Waals surface area contributed by atoms with Crippen molar-refractivity contribution in [1.29, 1.82) is 0 Å². The molecule has 152 valence electrons. The number of rotatable bonds is 6. The van der Waals surface area contributed by atoms with Crippen LogP contribution < -0.4 is 16.0 Å².